The lowest BCUT2D eigenvalue weighted by molar-refractivity contribution is -0.384. The molecule has 1 aromatic heterocycles. The quantitative estimate of drug-likeness (QED) is 0.270. The lowest BCUT2D eigenvalue weighted by Crippen LogP contribution is -2.08. The maximum absolute atomic E-state index is 11.8. The minimum atomic E-state index is -0.462. The van der Waals surface area contributed by atoms with Crippen molar-refractivity contribution in [3.63, 3.8) is 0 Å². The van der Waals surface area contributed by atoms with Gasteiger partial charge in [-0.15, -0.1) is 0 Å². The van der Waals surface area contributed by atoms with Crippen LogP contribution in [-0.2, 0) is 9.59 Å². The molecule has 0 bridgehead atoms. The van der Waals surface area contributed by atoms with Gasteiger partial charge in [-0.25, -0.2) is 4.98 Å². The highest BCUT2D eigenvalue weighted by atomic mass is 16.6. The third kappa shape index (κ3) is 4.68. The van der Waals surface area contributed by atoms with Gasteiger partial charge in [-0.2, -0.15) is 0 Å². The molecule has 4 aromatic rings. The number of rotatable bonds is 6. The summed E-state index contributed by atoms with van der Waals surface area (Å²) in [7, 11) is 0. The Kier molecular flexibility index (Phi) is 6.18. The van der Waals surface area contributed by atoms with Crippen molar-refractivity contribution in [1.29, 1.82) is 0 Å². The number of nitro benzene ring substituents is 1. The molecule has 9 heteroatoms. The van der Waals surface area contributed by atoms with Gasteiger partial charge in [-0.3, -0.25) is 19.7 Å². The van der Waals surface area contributed by atoms with E-state index in [4.69, 9.17) is 4.98 Å². The topological polar surface area (TPSA) is 130 Å². The Morgan fingerprint density at radius 2 is 1.35 bits per heavy atom. The molecule has 0 radical (unpaired) electrons. The van der Waals surface area contributed by atoms with Crippen LogP contribution in [0.15, 0.2) is 72.8 Å². The summed E-state index contributed by atoms with van der Waals surface area (Å²) in [4.78, 5) is 42.3. The van der Waals surface area contributed by atoms with Crippen molar-refractivity contribution in [2.24, 2.45) is 0 Å². The molecule has 0 saturated carbocycles. The van der Waals surface area contributed by atoms with E-state index in [9.17, 15) is 19.7 Å². The summed E-state index contributed by atoms with van der Waals surface area (Å²) in [6, 6.07) is 20.6. The predicted molar refractivity (Wildman–Crippen MR) is 130 cm³/mol. The third-order valence-corrected chi connectivity index (χ3v) is 5.06. The smallest absolute Gasteiger partial charge is 0.269 e. The normalized spacial score (nSPS) is 10.5. The van der Waals surface area contributed by atoms with Gasteiger partial charge in [-0.1, -0.05) is 36.4 Å². The number of hydrogen-bond acceptors (Lipinski definition) is 5. The Labute approximate surface area is 195 Å². The van der Waals surface area contributed by atoms with E-state index in [0.717, 1.165) is 0 Å². The van der Waals surface area contributed by atoms with E-state index in [-0.39, 0.29) is 17.5 Å². The average Bonchev–Trinajstić information content (AvgIpc) is 3.24. The zero-order valence-corrected chi connectivity index (χ0v) is 18.5. The van der Waals surface area contributed by atoms with Crippen molar-refractivity contribution in [3.05, 3.63) is 82.9 Å². The molecular formula is C25H21N5O4. The maximum Gasteiger partial charge on any atom is 0.269 e. The van der Waals surface area contributed by atoms with Gasteiger partial charge in [0.15, 0.2) is 0 Å². The highest BCUT2D eigenvalue weighted by Crippen LogP contribution is 2.39. The Hall–Kier alpha value is -4.79. The monoisotopic (exact) mass is 455 g/mol. The van der Waals surface area contributed by atoms with Gasteiger partial charge in [0.1, 0.15) is 5.82 Å². The largest absolute Gasteiger partial charge is 0.337 e. The van der Waals surface area contributed by atoms with Crippen LogP contribution in [0.25, 0.3) is 33.9 Å². The second kappa shape index (κ2) is 9.37. The lowest BCUT2D eigenvalue weighted by atomic mass is 10.0. The number of nitrogens with one attached hydrogen (secondary N) is 3. The molecule has 3 aromatic carbocycles. The molecule has 9 nitrogen and oxygen atoms in total. The summed E-state index contributed by atoms with van der Waals surface area (Å²) < 4.78 is 0. The van der Waals surface area contributed by atoms with Crippen LogP contribution < -0.4 is 10.6 Å². The Morgan fingerprint density at radius 3 is 1.91 bits per heavy atom. The molecule has 0 aliphatic heterocycles. The minimum absolute atomic E-state index is 0.0252. The number of para-hydroxylation sites is 2. The first kappa shape index (κ1) is 22.4. The molecule has 0 atom stereocenters. The van der Waals surface area contributed by atoms with E-state index in [1.807, 2.05) is 36.4 Å². The number of carbonyl (C=O) groups is 2. The second-order valence-electron chi connectivity index (χ2n) is 7.57. The van der Waals surface area contributed by atoms with Crippen LogP contribution in [0.4, 0.5) is 17.1 Å². The van der Waals surface area contributed by atoms with E-state index in [1.54, 1.807) is 24.3 Å². The predicted octanol–water partition coefficient (Wildman–Crippen LogP) is 5.24. The van der Waals surface area contributed by atoms with Crippen LogP contribution in [-0.4, -0.2) is 26.7 Å². The fourth-order valence-corrected chi connectivity index (χ4v) is 3.63. The first-order valence-electron chi connectivity index (χ1n) is 10.4. The Balaban J connectivity index is 1.93. The van der Waals surface area contributed by atoms with Gasteiger partial charge >= 0.3 is 0 Å². The number of benzene rings is 3. The number of carbonyl (C=O) groups excluding carboxylic acids is 2. The molecule has 34 heavy (non-hydrogen) atoms. The summed E-state index contributed by atoms with van der Waals surface area (Å²) in [6.45, 7) is 2.86. The van der Waals surface area contributed by atoms with E-state index in [1.165, 1.54) is 26.0 Å². The summed E-state index contributed by atoms with van der Waals surface area (Å²) in [5, 5.41) is 16.7. The number of H-pyrrole nitrogens is 1. The number of nitro groups is 1. The first-order chi connectivity index (χ1) is 16.3. The van der Waals surface area contributed by atoms with E-state index in [2.05, 4.69) is 15.6 Å². The number of hydrogen-bond donors (Lipinski definition) is 3. The molecule has 170 valence electrons. The molecule has 0 aliphatic rings. The van der Waals surface area contributed by atoms with Gasteiger partial charge in [0.2, 0.25) is 11.8 Å². The molecule has 4 rings (SSSR count). The fourth-order valence-electron chi connectivity index (χ4n) is 3.63. The van der Waals surface area contributed by atoms with Crippen LogP contribution in [0.5, 0.6) is 0 Å². The number of aromatic nitrogens is 2. The molecular weight excluding hydrogens is 434 g/mol. The highest BCUT2D eigenvalue weighted by Gasteiger charge is 2.20. The second-order valence-corrected chi connectivity index (χ2v) is 7.57. The Morgan fingerprint density at radius 1 is 0.824 bits per heavy atom. The molecule has 0 fully saturated rings. The fraction of sp³-hybridized carbons (Fsp3) is 0.0800. The molecule has 3 N–H and O–H groups in total. The van der Waals surface area contributed by atoms with Crippen molar-refractivity contribution < 1.29 is 14.5 Å². The number of amides is 2. The minimum Gasteiger partial charge on any atom is -0.337 e. The zero-order valence-electron chi connectivity index (χ0n) is 18.5. The number of nitrogens with zero attached hydrogens (tertiary/aromatic N) is 2. The van der Waals surface area contributed by atoms with Crippen molar-refractivity contribution in [1.82, 2.24) is 9.97 Å². The van der Waals surface area contributed by atoms with Gasteiger partial charge in [0.05, 0.1) is 27.7 Å². The molecule has 0 unspecified atom stereocenters. The van der Waals surface area contributed by atoms with Crippen molar-refractivity contribution in [2.75, 3.05) is 10.6 Å². The van der Waals surface area contributed by atoms with E-state index < -0.39 is 4.92 Å². The van der Waals surface area contributed by atoms with Gasteiger partial charge < -0.3 is 15.6 Å². The maximum atomic E-state index is 11.8. The van der Waals surface area contributed by atoms with Crippen LogP contribution in [0.2, 0.25) is 0 Å². The summed E-state index contributed by atoms with van der Waals surface area (Å²) in [5.74, 6) is 0.0386. The molecule has 1 heterocycles. The van der Waals surface area contributed by atoms with E-state index >= 15 is 0 Å². The SMILES string of the molecule is CC(=O)Nc1ccccc1-c1nc(-c2ccc([N+](=O)[O-])cc2)[nH]c1-c1ccccc1NC(C)=O. The van der Waals surface area contributed by atoms with Crippen molar-refractivity contribution in [2.45, 2.75) is 13.8 Å². The number of aromatic amines is 1. The summed E-state index contributed by atoms with van der Waals surface area (Å²) >= 11 is 0. The third-order valence-electron chi connectivity index (χ3n) is 5.06. The molecule has 0 aliphatic carbocycles. The van der Waals surface area contributed by atoms with Crippen LogP contribution >= 0.6 is 0 Å². The highest BCUT2D eigenvalue weighted by molar-refractivity contribution is 5.99. The lowest BCUT2D eigenvalue weighted by Gasteiger charge is -2.12. The van der Waals surface area contributed by atoms with Crippen molar-refractivity contribution >= 4 is 28.9 Å². The number of anilines is 2. The van der Waals surface area contributed by atoms with Crippen molar-refractivity contribution in [3.8, 4) is 33.9 Å². The summed E-state index contributed by atoms with van der Waals surface area (Å²) in [5.41, 5.74) is 4.34. The number of non-ortho nitro benzene ring substituents is 1. The van der Waals surface area contributed by atoms with Gasteiger partial charge in [0.25, 0.3) is 5.69 Å². The number of imidazole rings is 1. The summed E-state index contributed by atoms with van der Waals surface area (Å²) in [6.07, 6.45) is 0. The molecule has 2 amide bonds. The average molecular weight is 455 g/mol. The van der Waals surface area contributed by atoms with Crippen LogP contribution in [0.1, 0.15) is 13.8 Å². The van der Waals surface area contributed by atoms with E-state index in [0.29, 0.717) is 45.3 Å². The first-order valence-corrected chi connectivity index (χ1v) is 10.4. The van der Waals surface area contributed by atoms with Gasteiger partial charge in [0, 0.05) is 42.7 Å². The molecule has 0 spiro atoms. The van der Waals surface area contributed by atoms with Crippen LogP contribution in [0, 0.1) is 10.1 Å². The Bertz CT molecular complexity index is 1320. The van der Waals surface area contributed by atoms with Gasteiger partial charge in [-0.05, 0) is 24.3 Å². The van der Waals surface area contributed by atoms with Crippen LogP contribution in [0.3, 0.4) is 0 Å². The zero-order chi connectivity index (χ0) is 24.2. The molecule has 0 saturated heterocycles. The standard InChI is InChI=1S/C25H21N5O4/c1-15(31)26-21-9-5-3-7-19(21)23-24(20-8-4-6-10-22(20)27-16(2)32)29-25(28-23)17-11-13-18(14-12-17)30(33)34/h3-14H,1-2H3,(H,26,31)(H,27,32)(H,28,29).